The maximum absolute atomic E-state index is 13.9. The smallest absolute Gasteiger partial charge is 0.383 e. The summed E-state index contributed by atoms with van der Waals surface area (Å²) in [5, 5.41) is 5.76. The number of likely N-dealkylation sites (N-methyl/N-ethyl adjacent to an activating group) is 1. The highest BCUT2D eigenvalue weighted by Crippen LogP contribution is 2.35. The number of nitrogens with one attached hydrogen (secondary N) is 2. The fourth-order valence-corrected chi connectivity index (χ4v) is 5.43. The topological polar surface area (TPSA) is 149 Å². The lowest BCUT2D eigenvalue weighted by atomic mass is 10.1. The van der Waals surface area contributed by atoms with Crippen LogP contribution in [0.15, 0.2) is 75.7 Å². The molecule has 15 heteroatoms. The molecule has 0 aromatic heterocycles. The largest absolute Gasteiger partial charge is 0.416 e. The van der Waals surface area contributed by atoms with E-state index >= 15 is 0 Å². The molecule has 0 spiro atoms. The number of guanidine groups is 1. The maximum Gasteiger partial charge on any atom is 0.416 e. The third-order valence-electron chi connectivity index (χ3n) is 8.13. The number of aliphatic imine (C=N–C) groups is 3. The molecule has 2 fully saturated rings. The lowest BCUT2D eigenvalue weighted by Crippen LogP contribution is -2.46. The Bertz CT molecular complexity index is 1640. The molecular weight excluding hydrogens is 613 g/mol. The summed E-state index contributed by atoms with van der Waals surface area (Å²) in [6.07, 6.45) is -3.28. The molecule has 3 heterocycles. The van der Waals surface area contributed by atoms with Crippen molar-refractivity contribution in [3.8, 4) is 0 Å². The summed E-state index contributed by atoms with van der Waals surface area (Å²) in [6.45, 7) is 13.2. The van der Waals surface area contributed by atoms with E-state index < -0.39 is 17.6 Å². The number of carbonyl (C=O) groups is 1. The number of piperazine rings is 1. The molecule has 1 amide bonds. The zero-order valence-corrected chi connectivity index (χ0v) is 26.4. The first kappa shape index (κ1) is 33.5. The van der Waals surface area contributed by atoms with E-state index in [0.717, 1.165) is 37.3 Å². The third kappa shape index (κ3) is 7.92. The van der Waals surface area contributed by atoms with Crippen LogP contribution in [0.4, 0.5) is 30.2 Å². The quantitative estimate of drug-likeness (QED) is 0.355. The maximum atomic E-state index is 13.9. The molecular formula is C32H39F3N10O2. The minimum atomic E-state index is -4.59. The van der Waals surface area contributed by atoms with Crippen molar-refractivity contribution in [2.75, 3.05) is 74.6 Å². The monoisotopic (exact) mass is 652 g/mol. The van der Waals surface area contributed by atoms with Crippen LogP contribution in [0.25, 0.3) is 0 Å². The highest BCUT2D eigenvalue weighted by atomic mass is 19.4. The molecule has 2 aromatic carbocycles. The van der Waals surface area contributed by atoms with E-state index in [0.29, 0.717) is 56.7 Å². The highest BCUT2D eigenvalue weighted by molar-refractivity contribution is 6.49. The second-order valence-electron chi connectivity index (χ2n) is 11.2. The number of nitrogens with two attached hydrogens (primary N) is 2. The molecule has 0 saturated carbocycles. The van der Waals surface area contributed by atoms with Crippen molar-refractivity contribution in [3.63, 3.8) is 0 Å². The van der Waals surface area contributed by atoms with Crippen LogP contribution in [0.3, 0.4) is 0 Å². The summed E-state index contributed by atoms with van der Waals surface area (Å²) >= 11 is 0. The molecule has 6 N–H and O–H groups in total. The number of nitrogens with zero attached hydrogens (tertiary/aromatic N) is 6. The SMILES string of the molecule is C=C/N=C1/C(N)=NC(N2CCOCC2)=N/C1=C(/N)Nc1cc(C(=O)Nc2cc(N3CCN(CC)CC3)cc(C(F)(F)F)c2)ccc1C. The number of hydrogen-bond acceptors (Lipinski definition) is 11. The second kappa shape index (κ2) is 14.3. The van der Waals surface area contributed by atoms with Crippen molar-refractivity contribution in [2.24, 2.45) is 26.4 Å². The van der Waals surface area contributed by atoms with Crippen LogP contribution < -0.4 is 27.0 Å². The molecule has 0 radical (unpaired) electrons. The number of alkyl halides is 3. The molecule has 0 atom stereocenters. The Morgan fingerprint density at radius 2 is 1.77 bits per heavy atom. The first-order valence-electron chi connectivity index (χ1n) is 15.3. The number of rotatable bonds is 7. The van der Waals surface area contributed by atoms with Gasteiger partial charge in [0.15, 0.2) is 5.84 Å². The molecule has 12 nitrogen and oxygen atoms in total. The van der Waals surface area contributed by atoms with Crippen molar-refractivity contribution in [1.29, 1.82) is 0 Å². The first-order chi connectivity index (χ1) is 22.5. The molecule has 3 aliphatic rings. The van der Waals surface area contributed by atoms with Gasteiger partial charge in [-0.15, -0.1) is 0 Å². The van der Waals surface area contributed by atoms with E-state index in [4.69, 9.17) is 16.2 Å². The van der Waals surface area contributed by atoms with Gasteiger partial charge in [-0.2, -0.15) is 18.2 Å². The summed E-state index contributed by atoms with van der Waals surface area (Å²) in [5.41, 5.74) is 14.3. The van der Waals surface area contributed by atoms with Crippen LogP contribution in [-0.4, -0.2) is 92.2 Å². The normalized spacial score (nSPS) is 19.6. The number of benzene rings is 2. The van der Waals surface area contributed by atoms with Gasteiger partial charge in [-0.1, -0.05) is 19.6 Å². The van der Waals surface area contributed by atoms with E-state index in [9.17, 15) is 18.0 Å². The van der Waals surface area contributed by atoms with Crippen LogP contribution in [0, 0.1) is 6.92 Å². The van der Waals surface area contributed by atoms with Gasteiger partial charge in [0.05, 0.1) is 18.8 Å². The molecule has 0 aliphatic carbocycles. The Kier molecular flexibility index (Phi) is 10.2. The van der Waals surface area contributed by atoms with E-state index in [1.807, 2.05) is 16.7 Å². The first-order valence-corrected chi connectivity index (χ1v) is 15.3. The zero-order valence-electron chi connectivity index (χ0n) is 26.4. The third-order valence-corrected chi connectivity index (χ3v) is 8.13. The van der Waals surface area contributed by atoms with Gasteiger partial charge in [0.1, 0.15) is 17.2 Å². The second-order valence-corrected chi connectivity index (χ2v) is 11.2. The van der Waals surface area contributed by atoms with Gasteiger partial charge in [0, 0.05) is 68.1 Å². The van der Waals surface area contributed by atoms with E-state index in [2.05, 4.69) is 44.0 Å². The molecule has 5 rings (SSSR count). The van der Waals surface area contributed by atoms with Gasteiger partial charge >= 0.3 is 6.18 Å². The number of morpholine rings is 1. The fourth-order valence-electron chi connectivity index (χ4n) is 5.43. The average Bonchev–Trinajstić information content (AvgIpc) is 3.06. The Labute approximate surface area is 271 Å². The minimum absolute atomic E-state index is 0.0432. The molecule has 250 valence electrons. The minimum Gasteiger partial charge on any atom is -0.383 e. The van der Waals surface area contributed by atoms with Crippen molar-refractivity contribution in [3.05, 3.63) is 77.4 Å². The lowest BCUT2D eigenvalue weighted by Gasteiger charge is -2.36. The number of ether oxygens (including phenoxy) is 1. The lowest BCUT2D eigenvalue weighted by molar-refractivity contribution is -0.137. The number of amidine groups is 1. The van der Waals surface area contributed by atoms with Crippen molar-refractivity contribution in [2.45, 2.75) is 20.0 Å². The van der Waals surface area contributed by atoms with E-state index in [-0.39, 0.29) is 34.3 Å². The number of aryl methyl sites for hydroxylation is 1. The van der Waals surface area contributed by atoms with Crippen LogP contribution in [0.1, 0.15) is 28.4 Å². The van der Waals surface area contributed by atoms with Crippen molar-refractivity contribution >= 4 is 40.5 Å². The van der Waals surface area contributed by atoms with Gasteiger partial charge in [-0.3, -0.25) is 9.79 Å². The summed E-state index contributed by atoms with van der Waals surface area (Å²) < 4.78 is 47.1. The van der Waals surface area contributed by atoms with Gasteiger partial charge in [-0.05, 0) is 49.4 Å². The number of halogens is 3. The van der Waals surface area contributed by atoms with Crippen LogP contribution in [0.2, 0.25) is 0 Å². The predicted octanol–water partition coefficient (Wildman–Crippen LogP) is 3.59. The summed E-state index contributed by atoms with van der Waals surface area (Å²) in [6, 6.07) is 8.50. The van der Waals surface area contributed by atoms with Gasteiger partial charge in [0.2, 0.25) is 5.96 Å². The molecule has 47 heavy (non-hydrogen) atoms. The summed E-state index contributed by atoms with van der Waals surface area (Å²) in [4.78, 5) is 32.7. The Balaban J connectivity index is 1.41. The zero-order chi connectivity index (χ0) is 33.7. The molecule has 0 bridgehead atoms. The van der Waals surface area contributed by atoms with Crippen LogP contribution >= 0.6 is 0 Å². The summed E-state index contributed by atoms with van der Waals surface area (Å²) in [7, 11) is 0. The highest BCUT2D eigenvalue weighted by Gasteiger charge is 2.32. The number of carbonyl (C=O) groups excluding carboxylic acids is 1. The van der Waals surface area contributed by atoms with Crippen molar-refractivity contribution in [1.82, 2.24) is 9.80 Å². The number of anilines is 3. The predicted molar refractivity (Wildman–Crippen MR) is 179 cm³/mol. The Hall–Kier alpha value is -4.89. The number of amides is 1. The molecule has 2 aromatic rings. The molecule has 2 saturated heterocycles. The number of hydrogen-bond donors (Lipinski definition) is 4. The van der Waals surface area contributed by atoms with Gasteiger partial charge < -0.3 is 41.5 Å². The van der Waals surface area contributed by atoms with E-state index in [1.165, 1.54) is 6.20 Å². The average molecular weight is 653 g/mol. The van der Waals surface area contributed by atoms with Crippen molar-refractivity contribution < 1.29 is 22.7 Å². The van der Waals surface area contributed by atoms with Crippen LogP contribution in [-0.2, 0) is 10.9 Å². The van der Waals surface area contributed by atoms with Gasteiger partial charge in [-0.25, -0.2) is 4.99 Å². The Morgan fingerprint density at radius 1 is 1.04 bits per heavy atom. The summed E-state index contributed by atoms with van der Waals surface area (Å²) in [5.74, 6) is -0.0127. The molecule has 0 unspecified atom stereocenters. The van der Waals surface area contributed by atoms with E-state index in [1.54, 1.807) is 24.3 Å². The standard InChI is InChI=1S/C32H39F3N10O2/c1-4-38-26-27(41-31(42-28(26)36)45-12-14-47-15-13-45)29(37)40-25-16-21(7-6-20(25)3)30(46)39-23-17-22(32(33,34)35)18-24(19-23)44-10-8-43(5-2)9-11-44/h4,6-7,16-19,40H,1,5,8-15,37H2,2-3H3,(H,39,46)(H2,36,41,42)/b29-27-,38-26+. The fraction of sp³-hybridized carbons (Fsp3) is 0.375. The Morgan fingerprint density at radius 3 is 2.43 bits per heavy atom. The van der Waals surface area contributed by atoms with Crippen LogP contribution in [0.5, 0.6) is 0 Å². The van der Waals surface area contributed by atoms with Gasteiger partial charge in [0.25, 0.3) is 5.91 Å². The molecule has 3 aliphatic heterocycles.